The molecule has 2 aromatic carbocycles. The molecule has 0 saturated carbocycles. The zero-order chi connectivity index (χ0) is 22.4. The normalized spacial score (nSPS) is 10.9. The molecular formula is C24H27N3O4. The van der Waals surface area contributed by atoms with Gasteiger partial charge in [-0.15, -0.1) is 0 Å². The summed E-state index contributed by atoms with van der Waals surface area (Å²) in [4.78, 5) is 23.7. The molecule has 0 aliphatic rings. The lowest BCUT2D eigenvalue weighted by Crippen LogP contribution is -2.16. The summed E-state index contributed by atoms with van der Waals surface area (Å²) < 4.78 is 12.2. The number of benzene rings is 2. The van der Waals surface area contributed by atoms with E-state index in [9.17, 15) is 9.59 Å². The molecule has 0 bridgehead atoms. The first-order valence-electron chi connectivity index (χ1n) is 10.1. The quantitative estimate of drug-likeness (QED) is 0.550. The minimum Gasteiger partial charge on any atom is -0.407 e. The first-order valence-corrected chi connectivity index (χ1v) is 10.1. The van der Waals surface area contributed by atoms with Crippen LogP contribution in [-0.2, 0) is 20.7 Å². The third-order valence-electron chi connectivity index (χ3n) is 4.49. The van der Waals surface area contributed by atoms with E-state index in [1.54, 1.807) is 16.8 Å². The summed E-state index contributed by atoms with van der Waals surface area (Å²) in [5.41, 5.74) is 3.91. The molecule has 162 valence electrons. The number of nitrogens with one attached hydrogen (secondary N) is 1. The number of carbonyl (C=O) groups excluding carboxylic acids is 2. The Bertz CT molecular complexity index is 1040. The maximum absolute atomic E-state index is 11.9. The van der Waals surface area contributed by atoms with Gasteiger partial charge in [-0.2, -0.15) is 9.78 Å². The molecule has 3 rings (SSSR count). The summed E-state index contributed by atoms with van der Waals surface area (Å²) in [5.74, 6) is 0.0901. The average Bonchev–Trinajstić information content (AvgIpc) is 3.06. The molecule has 0 fully saturated rings. The van der Waals surface area contributed by atoms with Gasteiger partial charge in [-0.3, -0.25) is 9.59 Å². The van der Waals surface area contributed by atoms with Crippen molar-refractivity contribution in [2.24, 2.45) is 5.92 Å². The third-order valence-corrected chi connectivity index (χ3v) is 4.49. The van der Waals surface area contributed by atoms with Gasteiger partial charge in [-0.1, -0.05) is 44.2 Å². The maximum Gasteiger partial charge on any atom is 0.309 e. The van der Waals surface area contributed by atoms with Crippen molar-refractivity contribution in [1.82, 2.24) is 9.78 Å². The Kier molecular flexibility index (Phi) is 7.20. The van der Waals surface area contributed by atoms with Gasteiger partial charge in [0.25, 0.3) is 0 Å². The van der Waals surface area contributed by atoms with Gasteiger partial charge < -0.3 is 14.8 Å². The second-order valence-corrected chi connectivity index (χ2v) is 7.62. The predicted molar refractivity (Wildman–Crippen MR) is 119 cm³/mol. The lowest BCUT2D eigenvalue weighted by atomic mass is 9.99. The zero-order valence-corrected chi connectivity index (χ0v) is 18.2. The molecule has 3 aromatic rings. The summed E-state index contributed by atoms with van der Waals surface area (Å²) in [6.45, 7) is 5.60. The molecule has 0 radical (unpaired) electrons. The second-order valence-electron chi connectivity index (χ2n) is 7.62. The second kappa shape index (κ2) is 10.0. The van der Waals surface area contributed by atoms with Crippen LogP contribution in [-0.4, -0.2) is 35.4 Å². The lowest BCUT2D eigenvalue weighted by Gasteiger charge is -2.11. The van der Waals surface area contributed by atoms with Gasteiger partial charge in [0.15, 0.2) is 0 Å². The standard InChI is InChI=1S/C24H27N3O4/c1-16(2)14-21-23(18-10-12-19(13-11-18)25-22(29)15-30-4)24(31-17(3)28)27(26-21)20-8-6-5-7-9-20/h5-13,16H,14-15H2,1-4H3,(H,25,29). The highest BCUT2D eigenvalue weighted by atomic mass is 16.5. The van der Waals surface area contributed by atoms with E-state index in [-0.39, 0.29) is 12.5 Å². The fourth-order valence-electron chi connectivity index (χ4n) is 3.29. The number of hydrogen-bond acceptors (Lipinski definition) is 5. The van der Waals surface area contributed by atoms with Crippen molar-refractivity contribution in [3.63, 3.8) is 0 Å². The molecule has 7 heteroatoms. The Hall–Kier alpha value is -3.45. The number of para-hydroxylation sites is 1. The molecule has 0 unspecified atom stereocenters. The molecule has 0 spiro atoms. The monoisotopic (exact) mass is 421 g/mol. The highest BCUT2D eigenvalue weighted by Gasteiger charge is 2.24. The minimum atomic E-state index is -0.419. The van der Waals surface area contributed by atoms with Crippen LogP contribution >= 0.6 is 0 Å². The van der Waals surface area contributed by atoms with Crippen molar-refractivity contribution in [3.8, 4) is 22.7 Å². The molecule has 1 amide bonds. The van der Waals surface area contributed by atoms with Crippen LogP contribution < -0.4 is 10.1 Å². The first-order chi connectivity index (χ1) is 14.9. The van der Waals surface area contributed by atoms with Gasteiger partial charge in [0.05, 0.1) is 16.9 Å². The van der Waals surface area contributed by atoms with Crippen LogP contribution in [0.2, 0.25) is 0 Å². The van der Waals surface area contributed by atoms with Crippen molar-refractivity contribution in [2.45, 2.75) is 27.2 Å². The molecule has 0 aliphatic carbocycles. The van der Waals surface area contributed by atoms with Gasteiger partial charge in [0, 0.05) is 19.7 Å². The average molecular weight is 421 g/mol. The van der Waals surface area contributed by atoms with E-state index in [1.807, 2.05) is 42.5 Å². The van der Waals surface area contributed by atoms with Gasteiger partial charge in [0.2, 0.25) is 11.8 Å². The maximum atomic E-state index is 11.9. The van der Waals surface area contributed by atoms with E-state index in [0.29, 0.717) is 17.5 Å². The molecule has 0 atom stereocenters. The lowest BCUT2D eigenvalue weighted by molar-refractivity contribution is -0.132. The van der Waals surface area contributed by atoms with Crippen LogP contribution in [0.4, 0.5) is 5.69 Å². The van der Waals surface area contributed by atoms with Crippen molar-refractivity contribution < 1.29 is 19.1 Å². The SMILES string of the molecule is COCC(=O)Nc1ccc(-c2c(CC(C)C)nn(-c3ccccc3)c2OC(C)=O)cc1. The van der Waals surface area contributed by atoms with E-state index >= 15 is 0 Å². The van der Waals surface area contributed by atoms with E-state index in [1.165, 1.54) is 14.0 Å². The summed E-state index contributed by atoms with van der Waals surface area (Å²) in [6, 6.07) is 16.9. The largest absolute Gasteiger partial charge is 0.407 e. The molecule has 1 N–H and O–H groups in total. The number of anilines is 1. The Labute approximate surface area is 182 Å². The molecule has 0 saturated heterocycles. The van der Waals surface area contributed by atoms with Crippen LogP contribution in [0.5, 0.6) is 5.88 Å². The summed E-state index contributed by atoms with van der Waals surface area (Å²) >= 11 is 0. The Balaban J connectivity index is 2.09. The number of nitrogens with zero attached hydrogens (tertiary/aromatic N) is 2. The fourth-order valence-corrected chi connectivity index (χ4v) is 3.29. The van der Waals surface area contributed by atoms with Crippen molar-refractivity contribution in [1.29, 1.82) is 0 Å². The highest BCUT2D eigenvalue weighted by Crippen LogP contribution is 2.37. The van der Waals surface area contributed by atoms with Crippen molar-refractivity contribution in [3.05, 3.63) is 60.3 Å². The van der Waals surface area contributed by atoms with Crippen LogP contribution in [0.3, 0.4) is 0 Å². The number of esters is 1. The van der Waals surface area contributed by atoms with Gasteiger partial charge in [-0.25, -0.2) is 0 Å². The molecule has 7 nitrogen and oxygen atoms in total. The molecular weight excluding hydrogens is 394 g/mol. The van der Waals surface area contributed by atoms with Crippen molar-refractivity contribution >= 4 is 17.6 Å². The van der Waals surface area contributed by atoms with Crippen LogP contribution in [0.15, 0.2) is 54.6 Å². The summed E-state index contributed by atoms with van der Waals surface area (Å²) in [7, 11) is 1.47. The number of hydrogen-bond donors (Lipinski definition) is 1. The van der Waals surface area contributed by atoms with E-state index in [0.717, 1.165) is 28.9 Å². The minimum absolute atomic E-state index is 0.0132. The van der Waals surface area contributed by atoms with Gasteiger partial charge in [-0.05, 0) is 42.2 Å². The van der Waals surface area contributed by atoms with E-state index in [2.05, 4.69) is 19.2 Å². The topological polar surface area (TPSA) is 82.4 Å². The van der Waals surface area contributed by atoms with Gasteiger partial charge >= 0.3 is 5.97 Å². The first kappa shape index (κ1) is 22.2. The van der Waals surface area contributed by atoms with Crippen LogP contribution in [0, 0.1) is 5.92 Å². The summed E-state index contributed by atoms with van der Waals surface area (Å²) in [5, 5.41) is 7.57. The molecule has 1 heterocycles. The predicted octanol–water partition coefficient (Wildman–Crippen LogP) is 4.25. The third kappa shape index (κ3) is 5.58. The Morgan fingerprint density at radius 2 is 1.74 bits per heavy atom. The number of rotatable bonds is 8. The number of aromatic nitrogens is 2. The number of amides is 1. The van der Waals surface area contributed by atoms with Crippen molar-refractivity contribution in [2.75, 3.05) is 19.0 Å². The number of carbonyl (C=O) groups is 2. The van der Waals surface area contributed by atoms with E-state index < -0.39 is 5.97 Å². The Morgan fingerprint density at radius 1 is 1.06 bits per heavy atom. The molecule has 0 aliphatic heterocycles. The molecule has 31 heavy (non-hydrogen) atoms. The zero-order valence-electron chi connectivity index (χ0n) is 18.2. The summed E-state index contributed by atoms with van der Waals surface area (Å²) in [6.07, 6.45) is 0.718. The molecule has 1 aromatic heterocycles. The smallest absolute Gasteiger partial charge is 0.309 e. The van der Waals surface area contributed by atoms with Gasteiger partial charge in [0.1, 0.15) is 6.61 Å². The van der Waals surface area contributed by atoms with Crippen LogP contribution in [0.1, 0.15) is 26.5 Å². The Morgan fingerprint density at radius 3 is 2.32 bits per heavy atom. The van der Waals surface area contributed by atoms with Crippen LogP contribution in [0.25, 0.3) is 16.8 Å². The highest BCUT2D eigenvalue weighted by molar-refractivity contribution is 5.92. The fraction of sp³-hybridized carbons (Fsp3) is 0.292. The van der Waals surface area contributed by atoms with E-state index in [4.69, 9.17) is 14.6 Å². The number of methoxy groups -OCH3 is 1. The number of ether oxygens (including phenoxy) is 2.